The van der Waals surface area contributed by atoms with E-state index in [2.05, 4.69) is 11.0 Å². The minimum absolute atomic E-state index is 0.477. The molecule has 5 nitrogen and oxygen atoms in total. The van der Waals surface area contributed by atoms with Crippen LogP contribution in [0.25, 0.3) is 0 Å². The molecule has 0 spiro atoms. The van der Waals surface area contributed by atoms with Gasteiger partial charge in [-0.2, -0.15) is 5.53 Å². The highest BCUT2D eigenvalue weighted by molar-refractivity contribution is 4.72. The van der Waals surface area contributed by atoms with Crippen LogP contribution in [0.15, 0.2) is 0 Å². The maximum Gasteiger partial charge on any atom is 0.0251 e. The van der Waals surface area contributed by atoms with Crippen LogP contribution in [0.5, 0.6) is 0 Å². The molecule has 5 heteroatoms. The van der Waals surface area contributed by atoms with Gasteiger partial charge in [-0.3, -0.25) is 11.7 Å². The molecule has 0 aliphatic carbocycles. The van der Waals surface area contributed by atoms with Crippen LogP contribution in [0.2, 0.25) is 0 Å². The van der Waals surface area contributed by atoms with E-state index in [1.165, 1.54) is 0 Å². The second kappa shape index (κ2) is 3.85. The van der Waals surface area contributed by atoms with E-state index in [9.17, 15) is 0 Å². The van der Waals surface area contributed by atoms with Crippen LogP contribution in [0, 0.1) is 0 Å². The van der Waals surface area contributed by atoms with Gasteiger partial charge in [0, 0.05) is 19.1 Å². The molecule has 1 heterocycles. The van der Waals surface area contributed by atoms with E-state index in [1.54, 1.807) is 0 Å². The molecule has 6 N–H and O–H groups in total. The first-order chi connectivity index (χ1) is 4.83. The number of hydrazine groups is 3. The number of hydrogen-bond donors (Lipinski definition) is 4. The zero-order valence-corrected chi connectivity index (χ0v) is 6.01. The fraction of sp³-hybridized carbons (Fsp3) is 1.00. The number of nitrogens with one attached hydrogen (secondary N) is 2. The third-order valence-corrected chi connectivity index (χ3v) is 1.82. The van der Waals surface area contributed by atoms with Gasteiger partial charge in [0.15, 0.2) is 0 Å². The second-order valence-corrected chi connectivity index (χ2v) is 2.60. The summed E-state index contributed by atoms with van der Waals surface area (Å²) in [5.41, 5.74) is 5.39. The Bertz CT molecular complexity index is 88.0. The highest BCUT2D eigenvalue weighted by Crippen LogP contribution is 2.04. The zero-order valence-electron chi connectivity index (χ0n) is 6.01. The normalized spacial score (nSPS) is 23.4. The third kappa shape index (κ3) is 2.20. The van der Waals surface area contributed by atoms with Crippen LogP contribution in [0.4, 0.5) is 0 Å². The van der Waals surface area contributed by atoms with Crippen molar-refractivity contribution in [3.63, 3.8) is 0 Å². The first-order valence-corrected chi connectivity index (χ1v) is 3.53. The molecule has 0 aromatic heterocycles. The summed E-state index contributed by atoms with van der Waals surface area (Å²) in [6, 6.07) is 0.477. The molecule has 1 aliphatic heterocycles. The summed E-state index contributed by atoms with van der Waals surface area (Å²) in [5.74, 6) is 10.6. The van der Waals surface area contributed by atoms with Crippen molar-refractivity contribution >= 4 is 0 Å². The Morgan fingerprint density at radius 2 is 1.90 bits per heavy atom. The highest BCUT2D eigenvalue weighted by Gasteiger charge is 2.15. The Labute approximate surface area is 60.6 Å². The summed E-state index contributed by atoms with van der Waals surface area (Å²) in [6.45, 7) is 1.89. The average Bonchev–Trinajstić information content (AvgIpc) is 1.95. The Morgan fingerprint density at radius 3 is 2.40 bits per heavy atom. The van der Waals surface area contributed by atoms with E-state index in [1.807, 2.05) is 5.01 Å². The van der Waals surface area contributed by atoms with E-state index in [-0.39, 0.29) is 0 Å². The van der Waals surface area contributed by atoms with E-state index >= 15 is 0 Å². The Balaban J connectivity index is 2.13. The summed E-state index contributed by atoms with van der Waals surface area (Å²) in [7, 11) is 0. The van der Waals surface area contributed by atoms with Crippen molar-refractivity contribution in [3.8, 4) is 0 Å². The molecule has 0 aromatic carbocycles. The fourth-order valence-corrected chi connectivity index (χ4v) is 1.16. The lowest BCUT2D eigenvalue weighted by Gasteiger charge is -2.28. The monoisotopic (exact) mass is 145 g/mol. The SMILES string of the molecule is NNNC1CCN(N)CC1. The van der Waals surface area contributed by atoms with Crippen LogP contribution in [0.3, 0.4) is 0 Å². The number of hydrogen-bond acceptors (Lipinski definition) is 5. The molecule has 1 aliphatic rings. The van der Waals surface area contributed by atoms with Crippen LogP contribution in [-0.4, -0.2) is 24.1 Å². The van der Waals surface area contributed by atoms with Crippen molar-refractivity contribution in [2.75, 3.05) is 13.1 Å². The summed E-state index contributed by atoms with van der Waals surface area (Å²) >= 11 is 0. The summed E-state index contributed by atoms with van der Waals surface area (Å²) < 4.78 is 0. The molecule has 0 atom stereocenters. The van der Waals surface area contributed by atoms with Crippen molar-refractivity contribution in [2.24, 2.45) is 11.7 Å². The van der Waals surface area contributed by atoms with Gasteiger partial charge in [-0.1, -0.05) is 0 Å². The molecule has 1 saturated heterocycles. The molecule has 0 unspecified atom stereocenters. The molecule has 10 heavy (non-hydrogen) atoms. The first-order valence-electron chi connectivity index (χ1n) is 3.53. The van der Waals surface area contributed by atoms with Gasteiger partial charge in [0.05, 0.1) is 0 Å². The third-order valence-electron chi connectivity index (χ3n) is 1.82. The van der Waals surface area contributed by atoms with E-state index < -0.39 is 0 Å². The largest absolute Gasteiger partial charge is 0.269 e. The van der Waals surface area contributed by atoms with Gasteiger partial charge in [-0.25, -0.2) is 10.4 Å². The van der Waals surface area contributed by atoms with E-state index in [0.29, 0.717) is 6.04 Å². The predicted molar refractivity (Wildman–Crippen MR) is 39.2 cm³/mol. The summed E-state index contributed by atoms with van der Waals surface area (Å²) in [5, 5.41) is 1.83. The van der Waals surface area contributed by atoms with Gasteiger partial charge < -0.3 is 0 Å². The number of rotatable bonds is 2. The number of nitrogens with zero attached hydrogens (tertiary/aromatic N) is 1. The van der Waals surface area contributed by atoms with E-state index in [0.717, 1.165) is 25.9 Å². The minimum atomic E-state index is 0.477. The lowest BCUT2D eigenvalue weighted by Crippen LogP contribution is -2.51. The Hall–Kier alpha value is -0.200. The number of nitrogens with two attached hydrogens (primary N) is 2. The molecule has 0 aromatic rings. The molecule has 0 amide bonds. The van der Waals surface area contributed by atoms with Crippen molar-refractivity contribution < 1.29 is 0 Å². The van der Waals surface area contributed by atoms with Gasteiger partial charge in [0.1, 0.15) is 0 Å². The van der Waals surface area contributed by atoms with Crippen molar-refractivity contribution in [3.05, 3.63) is 0 Å². The lowest BCUT2D eigenvalue weighted by atomic mass is 10.1. The lowest BCUT2D eigenvalue weighted by molar-refractivity contribution is 0.193. The Morgan fingerprint density at radius 1 is 1.30 bits per heavy atom. The molecule has 0 radical (unpaired) electrons. The van der Waals surface area contributed by atoms with Gasteiger partial charge in [-0.15, -0.1) is 0 Å². The van der Waals surface area contributed by atoms with Gasteiger partial charge in [0.2, 0.25) is 0 Å². The molecule has 1 fully saturated rings. The second-order valence-electron chi connectivity index (χ2n) is 2.60. The van der Waals surface area contributed by atoms with Crippen molar-refractivity contribution in [1.29, 1.82) is 0 Å². The van der Waals surface area contributed by atoms with Crippen molar-refractivity contribution in [1.82, 2.24) is 16.0 Å². The number of piperidine rings is 1. The molecule has 60 valence electrons. The molecule has 1 rings (SSSR count). The molecule has 0 saturated carbocycles. The predicted octanol–water partition coefficient (Wildman–Crippen LogP) is -1.71. The van der Waals surface area contributed by atoms with Crippen LogP contribution in [0.1, 0.15) is 12.8 Å². The first kappa shape index (κ1) is 7.90. The van der Waals surface area contributed by atoms with Gasteiger partial charge in [0.25, 0.3) is 0 Å². The van der Waals surface area contributed by atoms with Gasteiger partial charge >= 0.3 is 0 Å². The van der Waals surface area contributed by atoms with Crippen molar-refractivity contribution in [2.45, 2.75) is 18.9 Å². The maximum atomic E-state index is 5.55. The average molecular weight is 145 g/mol. The smallest absolute Gasteiger partial charge is 0.0251 e. The zero-order chi connectivity index (χ0) is 7.40. The van der Waals surface area contributed by atoms with Gasteiger partial charge in [-0.05, 0) is 12.8 Å². The maximum absolute atomic E-state index is 5.55. The molecular formula is C5H15N5. The van der Waals surface area contributed by atoms with E-state index in [4.69, 9.17) is 11.7 Å². The standard InChI is InChI=1S/C5H15N5/c6-9-8-5-1-3-10(7)4-2-5/h5,8-9H,1-4,6-7H2. The van der Waals surface area contributed by atoms with Crippen LogP contribution >= 0.6 is 0 Å². The summed E-state index contributed by atoms with van der Waals surface area (Å²) in [4.78, 5) is 0. The summed E-state index contributed by atoms with van der Waals surface area (Å²) in [6.07, 6.45) is 2.11. The molecule has 0 bridgehead atoms. The van der Waals surface area contributed by atoms with Crippen LogP contribution < -0.4 is 22.6 Å². The topological polar surface area (TPSA) is 79.3 Å². The highest BCUT2D eigenvalue weighted by atomic mass is 15.5. The Kier molecular flexibility index (Phi) is 3.04. The van der Waals surface area contributed by atoms with Crippen LogP contribution in [-0.2, 0) is 0 Å². The quantitative estimate of drug-likeness (QED) is 0.275. The minimum Gasteiger partial charge on any atom is -0.269 e. The fourth-order valence-electron chi connectivity index (χ4n) is 1.16. The molecular weight excluding hydrogens is 130 g/mol.